The fraction of sp³-hybridized carbons (Fsp3) is 0.211. The lowest BCUT2D eigenvalue weighted by Gasteiger charge is -2.29. The van der Waals surface area contributed by atoms with Gasteiger partial charge in [0, 0.05) is 22.3 Å². The average Bonchev–Trinajstić information content (AvgIpc) is 2.91. The topological polar surface area (TPSA) is 20.3 Å². The summed E-state index contributed by atoms with van der Waals surface area (Å²) in [6, 6.07) is 14.2. The number of nitrogens with zero attached hydrogens (tertiary/aromatic N) is 1. The predicted molar refractivity (Wildman–Crippen MR) is 98.0 cm³/mol. The zero-order valence-corrected chi connectivity index (χ0v) is 14.4. The summed E-state index contributed by atoms with van der Waals surface area (Å²) in [5.74, 6) is 0.0148. The molecule has 1 aromatic heterocycles. The van der Waals surface area contributed by atoms with Gasteiger partial charge in [-0.15, -0.1) is 11.3 Å². The Morgan fingerprint density at radius 3 is 2.87 bits per heavy atom. The maximum absolute atomic E-state index is 13.1. The number of amides is 1. The molecule has 4 heteroatoms. The van der Waals surface area contributed by atoms with Crippen molar-refractivity contribution in [3.05, 3.63) is 63.5 Å². The first-order chi connectivity index (χ1) is 11.1. The van der Waals surface area contributed by atoms with Gasteiger partial charge in [0.1, 0.15) is 4.88 Å². The minimum Gasteiger partial charge on any atom is -0.307 e. The second kappa shape index (κ2) is 5.66. The van der Waals surface area contributed by atoms with Crippen LogP contribution in [0.2, 0.25) is 5.02 Å². The quantitative estimate of drug-likeness (QED) is 0.575. The standard InChI is InChI=1S/C19H16ClNOS/c1-12-8-9-15-13(11-12)5-4-10-21(15)19(22)18-17(20)14-6-2-3-7-16(14)23-18/h2-3,6-9,11H,4-5,10H2,1H3. The van der Waals surface area contributed by atoms with E-state index in [2.05, 4.69) is 25.1 Å². The van der Waals surface area contributed by atoms with Gasteiger partial charge in [0.05, 0.1) is 5.02 Å². The molecule has 4 rings (SSSR count). The van der Waals surface area contributed by atoms with Gasteiger partial charge in [0.25, 0.3) is 5.91 Å². The maximum atomic E-state index is 13.1. The summed E-state index contributed by atoms with van der Waals surface area (Å²) in [6.45, 7) is 2.84. The average molecular weight is 342 g/mol. The molecule has 0 N–H and O–H groups in total. The van der Waals surface area contributed by atoms with Gasteiger partial charge >= 0.3 is 0 Å². The Morgan fingerprint density at radius 1 is 1.22 bits per heavy atom. The molecule has 3 aromatic rings. The monoisotopic (exact) mass is 341 g/mol. The molecule has 2 nitrogen and oxygen atoms in total. The van der Waals surface area contributed by atoms with E-state index < -0.39 is 0 Å². The fourth-order valence-electron chi connectivity index (χ4n) is 3.21. The Hall–Kier alpha value is -1.84. The van der Waals surface area contributed by atoms with Crippen LogP contribution in [-0.4, -0.2) is 12.5 Å². The fourth-order valence-corrected chi connectivity index (χ4v) is 4.67. The number of carbonyl (C=O) groups excluding carboxylic acids is 1. The molecule has 2 aromatic carbocycles. The Morgan fingerprint density at radius 2 is 2.04 bits per heavy atom. The van der Waals surface area contributed by atoms with E-state index in [1.54, 1.807) is 0 Å². The Bertz CT molecular complexity index is 915. The number of hydrogen-bond acceptors (Lipinski definition) is 2. The van der Waals surface area contributed by atoms with Crippen molar-refractivity contribution in [2.45, 2.75) is 19.8 Å². The summed E-state index contributed by atoms with van der Waals surface area (Å²) in [5.41, 5.74) is 3.51. The van der Waals surface area contributed by atoms with Crippen LogP contribution in [-0.2, 0) is 6.42 Å². The first-order valence-corrected chi connectivity index (χ1v) is 8.93. The molecule has 0 radical (unpaired) electrons. The summed E-state index contributed by atoms with van der Waals surface area (Å²) in [7, 11) is 0. The van der Waals surface area contributed by atoms with E-state index in [9.17, 15) is 4.79 Å². The second-order valence-corrected chi connectivity index (χ2v) is 7.36. The number of anilines is 1. The number of hydrogen-bond donors (Lipinski definition) is 0. The van der Waals surface area contributed by atoms with Gasteiger partial charge in [0.2, 0.25) is 0 Å². The molecule has 0 unspecified atom stereocenters. The SMILES string of the molecule is Cc1ccc2c(c1)CCCN2C(=O)c1sc2ccccc2c1Cl. The van der Waals surface area contributed by atoms with Crippen LogP contribution in [0.3, 0.4) is 0 Å². The van der Waals surface area contributed by atoms with Crippen molar-refractivity contribution >= 4 is 44.6 Å². The molecule has 0 fully saturated rings. The second-order valence-electron chi connectivity index (χ2n) is 5.93. The van der Waals surface area contributed by atoms with Crippen LogP contribution >= 0.6 is 22.9 Å². The van der Waals surface area contributed by atoms with Crippen LogP contribution in [0.4, 0.5) is 5.69 Å². The van der Waals surface area contributed by atoms with Crippen LogP contribution in [0.5, 0.6) is 0 Å². The minimum atomic E-state index is 0.0148. The van der Waals surface area contributed by atoms with Gasteiger partial charge in [-0.25, -0.2) is 0 Å². The van der Waals surface area contributed by atoms with Crippen LogP contribution in [0.15, 0.2) is 42.5 Å². The molecule has 1 amide bonds. The molecule has 0 spiro atoms. The van der Waals surface area contributed by atoms with Crippen LogP contribution in [0.25, 0.3) is 10.1 Å². The number of fused-ring (bicyclic) bond motifs is 2. The van der Waals surface area contributed by atoms with E-state index in [1.165, 1.54) is 22.5 Å². The Labute approximate surface area is 144 Å². The lowest BCUT2D eigenvalue weighted by Crippen LogP contribution is -2.35. The Kier molecular flexibility index (Phi) is 3.63. The van der Waals surface area contributed by atoms with Crippen molar-refractivity contribution in [3.8, 4) is 0 Å². The number of aryl methyl sites for hydroxylation is 2. The van der Waals surface area contributed by atoms with E-state index in [4.69, 9.17) is 11.6 Å². The summed E-state index contributed by atoms with van der Waals surface area (Å²) in [6.07, 6.45) is 2.02. The van der Waals surface area contributed by atoms with Crippen LogP contribution in [0, 0.1) is 6.92 Å². The molecule has 0 saturated carbocycles. The molecule has 0 aliphatic carbocycles. The molecule has 1 aliphatic heterocycles. The van der Waals surface area contributed by atoms with Gasteiger partial charge in [0.15, 0.2) is 0 Å². The maximum Gasteiger partial charge on any atom is 0.269 e. The summed E-state index contributed by atoms with van der Waals surface area (Å²) in [4.78, 5) is 15.6. The third-order valence-corrected chi connectivity index (χ3v) is 5.99. The zero-order chi connectivity index (χ0) is 16.0. The Balaban J connectivity index is 1.79. The zero-order valence-electron chi connectivity index (χ0n) is 12.8. The largest absolute Gasteiger partial charge is 0.307 e. The van der Waals surface area contributed by atoms with Gasteiger partial charge in [-0.1, -0.05) is 47.5 Å². The molecule has 2 heterocycles. The number of halogens is 1. The third kappa shape index (κ3) is 2.44. The number of rotatable bonds is 1. The first kappa shape index (κ1) is 14.7. The highest BCUT2D eigenvalue weighted by molar-refractivity contribution is 7.21. The van der Waals surface area contributed by atoms with Crippen molar-refractivity contribution < 1.29 is 4.79 Å². The molecule has 0 atom stereocenters. The molecule has 116 valence electrons. The van der Waals surface area contributed by atoms with Crippen LogP contribution in [0.1, 0.15) is 27.2 Å². The molecule has 23 heavy (non-hydrogen) atoms. The highest BCUT2D eigenvalue weighted by Crippen LogP contribution is 2.38. The van der Waals surface area contributed by atoms with Crippen LogP contribution < -0.4 is 4.90 Å². The van der Waals surface area contributed by atoms with E-state index in [-0.39, 0.29) is 5.91 Å². The minimum absolute atomic E-state index is 0.0148. The van der Waals surface area contributed by atoms with Gasteiger partial charge in [-0.3, -0.25) is 4.79 Å². The smallest absolute Gasteiger partial charge is 0.269 e. The van der Waals surface area contributed by atoms with Gasteiger partial charge < -0.3 is 4.90 Å². The number of carbonyl (C=O) groups is 1. The third-order valence-electron chi connectivity index (χ3n) is 4.33. The molecular formula is C19H16ClNOS. The summed E-state index contributed by atoms with van der Waals surface area (Å²) in [5, 5.41) is 1.54. The lowest BCUT2D eigenvalue weighted by atomic mass is 9.99. The first-order valence-electron chi connectivity index (χ1n) is 7.73. The van der Waals surface area contributed by atoms with Crippen molar-refractivity contribution in [2.24, 2.45) is 0 Å². The molecule has 0 bridgehead atoms. The number of thiophene rings is 1. The number of benzene rings is 2. The highest BCUT2D eigenvalue weighted by atomic mass is 35.5. The van der Waals surface area contributed by atoms with E-state index in [1.807, 2.05) is 29.2 Å². The van der Waals surface area contributed by atoms with E-state index >= 15 is 0 Å². The van der Waals surface area contributed by atoms with E-state index in [0.29, 0.717) is 9.90 Å². The molecule has 0 saturated heterocycles. The van der Waals surface area contributed by atoms with Gasteiger partial charge in [-0.05, 0) is 37.5 Å². The van der Waals surface area contributed by atoms with Crippen molar-refractivity contribution in [1.82, 2.24) is 0 Å². The van der Waals surface area contributed by atoms with E-state index in [0.717, 1.165) is 35.2 Å². The van der Waals surface area contributed by atoms with Gasteiger partial charge in [-0.2, -0.15) is 0 Å². The van der Waals surface area contributed by atoms with Crippen molar-refractivity contribution in [2.75, 3.05) is 11.4 Å². The normalized spacial score (nSPS) is 14.1. The molecular weight excluding hydrogens is 326 g/mol. The van der Waals surface area contributed by atoms with Crippen molar-refractivity contribution in [1.29, 1.82) is 0 Å². The summed E-state index contributed by atoms with van der Waals surface area (Å²) >= 11 is 7.97. The van der Waals surface area contributed by atoms with Crippen molar-refractivity contribution in [3.63, 3.8) is 0 Å². The lowest BCUT2D eigenvalue weighted by molar-refractivity contribution is 0.0989. The molecule has 1 aliphatic rings. The summed E-state index contributed by atoms with van der Waals surface area (Å²) < 4.78 is 1.06. The predicted octanol–water partition coefficient (Wildman–Crippen LogP) is 5.46. The highest BCUT2D eigenvalue weighted by Gasteiger charge is 2.27.